The summed E-state index contributed by atoms with van der Waals surface area (Å²) in [6, 6.07) is 21.5. The molecule has 2 aromatic heterocycles. The van der Waals surface area contributed by atoms with Crippen LogP contribution in [-0.4, -0.2) is 16.6 Å². The van der Waals surface area contributed by atoms with Gasteiger partial charge in [0.25, 0.3) is 0 Å². The smallest absolute Gasteiger partial charge is 0.239 e. The third-order valence-corrected chi connectivity index (χ3v) is 5.87. The van der Waals surface area contributed by atoms with Gasteiger partial charge in [-0.1, -0.05) is 41.7 Å². The Morgan fingerprint density at radius 3 is 2.62 bits per heavy atom. The number of anilines is 1. The molecular weight excluding hydrogens is 364 g/mol. The number of hydrogen-bond donors (Lipinski definition) is 0. The highest BCUT2D eigenvalue weighted by Gasteiger charge is 2.21. The molecule has 0 N–H and O–H groups in total. The summed E-state index contributed by atoms with van der Waals surface area (Å²) < 4.78 is 6.51. The van der Waals surface area contributed by atoms with Gasteiger partial charge < -0.3 is 4.42 Å². The van der Waals surface area contributed by atoms with E-state index in [-0.39, 0.29) is 5.91 Å². The summed E-state index contributed by atoms with van der Waals surface area (Å²) in [6.07, 6.45) is 1.62. The molecule has 4 rings (SSSR count). The molecule has 4 nitrogen and oxygen atoms in total. The number of carbonyl (C=O) groups excluding carboxylic acids is 1. The number of amides is 1. The standard InChI is InChI=1S/C20H16N2O2S2/c23-19(14-25-16-8-2-1-3-9-16)22(13-15-7-6-12-24-15)20-21-17-10-4-5-11-18(17)26-20/h1-12H,13-14H2. The Bertz CT molecular complexity index is 964. The fraction of sp³-hybridized carbons (Fsp3) is 0.100. The van der Waals surface area contributed by atoms with E-state index in [1.54, 1.807) is 11.2 Å². The highest BCUT2D eigenvalue weighted by Crippen LogP contribution is 2.30. The first kappa shape index (κ1) is 16.9. The fourth-order valence-electron chi connectivity index (χ4n) is 2.54. The number of aromatic nitrogens is 1. The summed E-state index contributed by atoms with van der Waals surface area (Å²) in [4.78, 5) is 20.4. The van der Waals surface area contributed by atoms with E-state index in [9.17, 15) is 4.79 Å². The maximum atomic E-state index is 13.0. The minimum absolute atomic E-state index is 0.00862. The molecule has 0 aliphatic carbocycles. The number of thiazole rings is 1. The van der Waals surface area contributed by atoms with Gasteiger partial charge >= 0.3 is 0 Å². The van der Waals surface area contributed by atoms with Crippen molar-refractivity contribution >= 4 is 44.4 Å². The van der Waals surface area contributed by atoms with Crippen LogP contribution in [0.2, 0.25) is 0 Å². The van der Waals surface area contributed by atoms with Crippen LogP contribution in [0.1, 0.15) is 5.76 Å². The molecular formula is C20H16N2O2S2. The lowest BCUT2D eigenvalue weighted by Gasteiger charge is -2.18. The van der Waals surface area contributed by atoms with E-state index in [4.69, 9.17) is 4.42 Å². The number of hydrogen-bond acceptors (Lipinski definition) is 5. The normalized spacial score (nSPS) is 10.9. The van der Waals surface area contributed by atoms with Gasteiger partial charge in [-0.15, -0.1) is 11.8 Å². The van der Waals surface area contributed by atoms with Gasteiger partial charge in [0.15, 0.2) is 5.13 Å². The molecule has 0 aliphatic rings. The minimum atomic E-state index is 0.00862. The van der Waals surface area contributed by atoms with Gasteiger partial charge in [0, 0.05) is 4.90 Å². The van der Waals surface area contributed by atoms with Gasteiger partial charge in [0.1, 0.15) is 5.76 Å². The monoisotopic (exact) mass is 380 g/mol. The molecule has 0 fully saturated rings. The van der Waals surface area contributed by atoms with Crippen molar-refractivity contribution in [3.05, 3.63) is 78.8 Å². The molecule has 2 aromatic carbocycles. The molecule has 0 aliphatic heterocycles. The van der Waals surface area contributed by atoms with Crippen molar-refractivity contribution < 1.29 is 9.21 Å². The average Bonchev–Trinajstić information content (AvgIpc) is 3.34. The molecule has 1 amide bonds. The van der Waals surface area contributed by atoms with E-state index in [1.807, 2.05) is 66.7 Å². The molecule has 2 heterocycles. The van der Waals surface area contributed by atoms with E-state index in [2.05, 4.69) is 4.98 Å². The summed E-state index contributed by atoms with van der Waals surface area (Å²) in [6.45, 7) is 0.376. The molecule has 0 bridgehead atoms. The summed E-state index contributed by atoms with van der Waals surface area (Å²) in [5, 5.41) is 0.696. The van der Waals surface area contributed by atoms with Crippen LogP contribution in [0.4, 0.5) is 5.13 Å². The summed E-state index contributed by atoms with van der Waals surface area (Å²) >= 11 is 3.05. The lowest BCUT2D eigenvalue weighted by molar-refractivity contribution is -0.116. The summed E-state index contributed by atoms with van der Waals surface area (Å²) in [5.74, 6) is 1.09. The topological polar surface area (TPSA) is 46.3 Å². The zero-order chi connectivity index (χ0) is 17.8. The average molecular weight is 380 g/mol. The number of carbonyl (C=O) groups is 1. The van der Waals surface area contributed by atoms with Crippen molar-refractivity contribution in [2.75, 3.05) is 10.7 Å². The Labute approximate surface area is 159 Å². The van der Waals surface area contributed by atoms with Gasteiger partial charge in [0.05, 0.1) is 28.8 Å². The molecule has 0 spiro atoms. The molecule has 4 aromatic rings. The van der Waals surface area contributed by atoms with Gasteiger partial charge in [-0.2, -0.15) is 0 Å². The van der Waals surface area contributed by atoms with Crippen LogP contribution < -0.4 is 4.90 Å². The SMILES string of the molecule is O=C(CSc1ccccc1)N(Cc1ccco1)c1nc2ccccc2s1. The Kier molecular flexibility index (Phi) is 5.04. The molecule has 0 saturated heterocycles. The highest BCUT2D eigenvalue weighted by molar-refractivity contribution is 8.00. The van der Waals surface area contributed by atoms with Crippen molar-refractivity contribution in [1.29, 1.82) is 0 Å². The molecule has 0 atom stereocenters. The van der Waals surface area contributed by atoms with E-state index in [1.165, 1.54) is 23.1 Å². The van der Waals surface area contributed by atoms with Crippen molar-refractivity contribution in [2.45, 2.75) is 11.4 Å². The Morgan fingerprint density at radius 2 is 1.85 bits per heavy atom. The summed E-state index contributed by atoms with van der Waals surface area (Å²) in [5.41, 5.74) is 0.903. The largest absolute Gasteiger partial charge is 0.467 e. The quantitative estimate of drug-likeness (QED) is 0.431. The third-order valence-electron chi connectivity index (χ3n) is 3.81. The number of thioether (sulfide) groups is 1. The second-order valence-corrected chi connectivity index (χ2v) is 7.68. The number of fused-ring (bicyclic) bond motifs is 1. The third kappa shape index (κ3) is 3.81. The number of benzene rings is 2. The van der Waals surface area contributed by atoms with Crippen molar-refractivity contribution in [3.8, 4) is 0 Å². The second-order valence-electron chi connectivity index (χ2n) is 5.63. The van der Waals surface area contributed by atoms with Gasteiger partial charge in [-0.3, -0.25) is 9.69 Å². The van der Waals surface area contributed by atoms with Crippen molar-refractivity contribution in [2.24, 2.45) is 0 Å². The number of para-hydroxylation sites is 1. The maximum Gasteiger partial charge on any atom is 0.239 e. The zero-order valence-electron chi connectivity index (χ0n) is 13.9. The Hall–Kier alpha value is -2.57. The molecule has 0 saturated carbocycles. The molecule has 6 heteroatoms. The Morgan fingerprint density at radius 1 is 1.04 bits per heavy atom. The van der Waals surface area contributed by atoms with Crippen LogP contribution in [0, 0.1) is 0 Å². The van der Waals surface area contributed by atoms with Crippen molar-refractivity contribution in [3.63, 3.8) is 0 Å². The van der Waals surface area contributed by atoms with Crippen LogP contribution in [0.5, 0.6) is 0 Å². The fourth-order valence-corrected chi connectivity index (χ4v) is 4.31. The van der Waals surface area contributed by atoms with Crippen molar-refractivity contribution in [1.82, 2.24) is 4.98 Å². The minimum Gasteiger partial charge on any atom is -0.467 e. The number of furan rings is 1. The molecule has 0 unspecified atom stereocenters. The Balaban J connectivity index is 1.58. The lowest BCUT2D eigenvalue weighted by atomic mass is 10.3. The van der Waals surface area contributed by atoms with Crippen LogP contribution in [0.25, 0.3) is 10.2 Å². The predicted molar refractivity (Wildman–Crippen MR) is 107 cm³/mol. The molecule has 130 valence electrons. The van der Waals surface area contributed by atoms with E-state index < -0.39 is 0 Å². The maximum absolute atomic E-state index is 13.0. The van der Waals surface area contributed by atoms with Gasteiger partial charge in [-0.25, -0.2) is 4.98 Å². The van der Waals surface area contributed by atoms with Crippen LogP contribution in [-0.2, 0) is 11.3 Å². The number of nitrogens with zero attached hydrogens (tertiary/aromatic N) is 2. The van der Waals surface area contributed by atoms with Gasteiger partial charge in [0.2, 0.25) is 5.91 Å². The first-order chi connectivity index (χ1) is 12.8. The second kappa shape index (κ2) is 7.76. The first-order valence-electron chi connectivity index (χ1n) is 8.16. The summed E-state index contributed by atoms with van der Waals surface area (Å²) in [7, 11) is 0. The van der Waals surface area contributed by atoms with E-state index in [0.717, 1.165) is 20.9 Å². The van der Waals surface area contributed by atoms with Crippen LogP contribution >= 0.6 is 23.1 Å². The highest BCUT2D eigenvalue weighted by atomic mass is 32.2. The van der Waals surface area contributed by atoms with E-state index in [0.29, 0.717) is 17.4 Å². The van der Waals surface area contributed by atoms with Crippen LogP contribution in [0.3, 0.4) is 0 Å². The lowest BCUT2D eigenvalue weighted by Crippen LogP contribution is -2.31. The first-order valence-corrected chi connectivity index (χ1v) is 9.96. The van der Waals surface area contributed by atoms with Crippen LogP contribution in [0.15, 0.2) is 82.3 Å². The van der Waals surface area contributed by atoms with Gasteiger partial charge in [-0.05, 0) is 36.4 Å². The zero-order valence-corrected chi connectivity index (χ0v) is 15.5. The molecule has 0 radical (unpaired) electrons. The molecule has 26 heavy (non-hydrogen) atoms. The number of rotatable bonds is 6. The predicted octanol–water partition coefficient (Wildman–Crippen LogP) is 5.21. The van der Waals surface area contributed by atoms with E-state index >= 15 is 0 Å².